The van der Waals surface area contributed by atoms with Crippen LogP contribution in [0.15, 0.2) is 36.0 Å². The second-order valence-electron chi connectivity index (χ2n) is 3.09. The van der Waals surface area contributed by atoms with E-state index in [4.69, 9.17) is 17.0 Å². The Hall–Kier alpha value is -1.75. The predicted octanol–water partition coefficient (Wildman–Crippen LogP) is 2.67. The van der Waals surface area contributed by atoms with Crippen LogP contribution in [0.1, 0.15) is 12.5 Å². The second kappa shape index (κ2) is 5.37. The lowest BCUT2D eigenvalue weighted by Gasteiger charge is -2.04. The zero-order valence-electron chi connectivity index (χ0n) is 8.97. The van der Waals surface area contributed by atoms with Crippen LogP contribution >= 0.6 is 12.2 Å². The van der Waals surface area contributed by atoms with E-state index in [2.05, 4.69) is 0 Å². The van der Waals surface area contributed by atoms with Crippen molar-refractivity contribution in [3.63, 3.8) is 0 Å². The Kier molecular flexibility index (Phi) is 4.13. The number of nitro groups is 1. The van der Waals surface area contributed by atoms with Crippen LogP contribution < -0.4 is 0 Å². The Morgan fingerprint density at radius 1 is 1.38 bits per heavy atom. The van der Waals surface area contributed by atoms with Crippen molar-refractivity contribution in [2.45, 2.75) is 6.92 Å². The normalized spacial score (nSPS) is 11.6. The third-order valence-electron chi connectivity index (χ3n) is 2.12. The lowest BCUT2D eigenvalue weighted by molar-refractivity contribution is -0.415. The molecule has 0 bridgehead atoms. The maximum atomic E-state index is 10.9. The number of rotatable bonds is 3. The highest BCUT2D eigenvalue weighted by Crippen LogP contribution is 2.19. The van der Waals surface area contributed by atoms with E-state index >= 15 is 0 Å². The van der Waals surface area contributed by atoms with E-state index in [0.717, 1.165) is 5.56 Å². The van der Waals surface area contributed by atoms with Crippen LogP contribution in [0.5, 0.6) is 0 Å². The van der Waals surface area contributed by atoms with Gasteiger partial charge in [-0.05, 0) is 24.7 Å². The number of methoxy groups -OCH3 is 1. The molecule has 0 aliphatic rings. The average Bonchev–Trinajstić information content (AvgIpc) is 2.29. The molecular formula is C11H11NO3S. The van der Waals surface area contributed by atoms with Crippen molar-refractivity contribution in [2.75, 3.05) is 7.11 Å². The fourth-order valence-electron chi connectivity index (χ4n) is 1.29. The summed E-state index contributed by atoms with van der Waals surface area (Å²) in [6.07, 6.45) is 0. The molecule has 1 aromatic carbocycles. The molecular weight excluding hydrogens is 226 g/mol. The van der Waals surface area contributed by atoms with Crippen molar-refractivity contribution in [3.05, 3.63) is 51.7 Å². The first-order chi connectivity index (χ1) is 7.57. The lowest BCUT2D eigenvalue weighted by atomic mass is 10.1. The first-order valence-corrected chi connectivity index (χ1v) is 4.97. The first-order valence-electron chi connectivity index (χ1n) is 4.57. The highest BCUT2D eigenvalue weighted by molar-refractivity contribution is 7.80. The standard InChI is InChI=1S/C11H11NO3S/c1-8(9-6-4-3-5-7-9)10(12(13)14)11(16)15-2/h3-7H,1-2H3. The third-order valence-corrected chi connectivity index (χ3v) is 2.48. The Labute approximate surface area is 98.7 Å². The Morgan fingerprint density at radius 2 is 1.94 bits per heavy atom. The molecule has 0 amide bonds. The summed E-state index contributed by atoms with van der Waals surface area (Å²) >= 11 is 4.81. The van der Waals surface area contributed by atoms with Crippen LogP contribution in [-0.2, 0) is 4.74 Å². The van der Waals surface area contributed by atoms with Gasteiger partial charge in [-0.2, -0.15) is 0 Å². The summed E-state index contributed by atoms with van der Waals surface area (Å²) in [6.45, 7) is 1.65. The topological polar surface area (TPSA) is 52.4 Å². The molecule has 0 saturated carbocycles. The summed E-state index contributed by atoms with van der Waals surface area (Å²) in [5.41, 5.74) is 1.09. The van der Waals surface area contributed by atoms with Gasteiger partial charge in [-0.25, -0.2) is 0 Å². The molecule has 0 unspecified atom stereocenters. The first kappa shape index (κ1) is 12.3. The van der Waals surface area contributed by atoms with Crippen LogP contribution in [0, 0.1) is 10.1 Å². The maximum absolute atomic E-state index is 10.9. The smallest absolute Gasteiger partial charge is 0.325 e. The summed E-state index contributed by atoms with van der Waals surface area (Å²) in [5.74, 6) is 0. The summed E-state index contributed by atoms with van der Waals surface area (Å²) in [7, 11) is 1.32. The zero-order valence-corrected chi connectivity index (χ0v) is 9.78. The highest BCUT2D eigenvalue weighted by atomic mass is 32.1. The molecule has 0 heterocycles. The number of hydrogen-bond donors (Lipinski definition) is 0. The van der Waals surface area contributed by atoms with Crippen molar-refractivity contribution in [2.24, 2.45) is 0 Å². The van der Waals surface area contributed by atoms with E-state index in [0.29, 0.717) is 5.57 Å². The summed E-state index contributed by atoms with van der Waals surface area (Å²) < 4.78 is 4.75. The van der Waals surface area contributed by atoms with Gasteiger partial charge in [0, 0.05) is 5.57 Å². The van der Waals surface area contributed by atoms with Crippen LogP contribution in [-0.4, -0.2) is 17.1 Å². The van der Waals surface area contributed by atoms with E-state index in [1.165, 1.54) is 7.11 Å². The molecule has 1 rings (SSSR count). The molecule has 0 spiro atoms. The minimum atomic E-state index is -0.520. The maximum Gasteiger partial charge on any atom is 0.325 e. The molecule has 0 fully saturated rings. The van der Waals surface area contributed by atoms with Crippen molar-refractivity contribution >= 4 is 22.8 Å². The highest BCUT2D eigenvalue weighted by Gasteiger charge is 2.22. The molecule has 5 heteroatoms. The molecule has 84 valence electrons. The van der Waals surface area contributed by atoms with Gasteiger partial charge in [0.05, 0.1) is 12.0 Å². The number of thiocarbonyl (C=S) groups is 1. The SMILES string of the molecule is COC(=S)C(=C(C)c1ccccc1)[N+](=O)[O-]. The van der Waals surface area contributed by atoms with Crippen molar-refractivity contribution in [3.8, 4) is 0 Å². The minimum Gasteiger partial charge on any atom is -0.482 e. The van der Waals surface area contributed by atoms with Gasteiger partial charge in [0.1, 0.15) is 0 Å². The summed E-state index contributed by atoms with van der Waals surface area (Å²) in [5, 5.41) is 10.8. The van der Waals surface area contributed by atoms with Gasteiger partial charge in [0.2, 0.25) is 0 Å². The number of hydrogen-bond acceptors (Lipinski definition) is 4. The monoisotopic (exact) mass is 237 g/mol. The van der Waals surface area contributed by atoms with Crippen LogP contribution in [0.2, 0.25) is 0 Å². The fraction of sp³-hybridized carbons (Fsp3) is 0.182. The average molecular weight is 237 g/mol. The Balaban J connectivity index is 3.28. The molecule has 0 aromatic heterocycles. The Bertz CT molecular complexity index is 440. The molecule has 4 nitrogen and oxygen atoms in total. The second-order valence-corrected chi connectivity index (χ2v) is 3.46. The molecule has 0 saturated heterocycles. The van der Waals surface area contributed by atoms with E-state index in [-0.39, 0.29) is 10.7 Å². The number of nitrogens with zero attached hydrogens (tertiary/aromatic N) is 1. The van der Waals surface area contributed by atoms with Gasteiger partial charge in [-0.3, -0.25) is 10.1 Å². The molecule has 0 atom stereocenters. The molecule has 0 aliphatic carbocycles. The van der Waals surface area contributed by atoms with Gasteiger partial charge in [-0.1, -0.05) is 30.3 Å². The van der Waals surface area contributed by atoms with Crippen LogP contribution in [0.25, 0.3) is 5.57 Å². The third kappa shape index (κ3) is 2.64. The largest absolute Gasteiger partial charge is 0.482 e. The molecule has 0 aliphatic heterocycles. The summed E-state index contributed by atoms with van der Waals surface area (Å²) in [4.78, 5) is 10.4. The van der Waals surface area contributed by atoms with Gasteiger partial charge < -0.3 is 4.74 Å². The molecule has 0 radical (unpaired) electrons. The lowest BCUT2D eigenvalue weighted by Crippen LogP contribution is -2.12. The predicted molar refractivity (Wildman–Crippen MR) is 65.6 cm³/mol. The molecule has 16 heavy (non-hydrogen) atoms. The molecule has 1 aromatic rings. The van der Waals surface area contributed by atoms with Crippen molar-refractivity contribution in [1.82, 2.24) is 0 Å². The van der Waals surface area contributed by atoms with Crippen LogP contribution in [0.3, 0.4) is 0 Å². The van der Waals surface area contributed by atoms with E-state index in [9.17, 15) is 10.1 Å². The number of benzene rings is 1. The number of allylic oxidation sites excluding steroid dienone is 1. The van der Waals surface area contributed by atoms with Crippen LogP contribution in [0.4, 0.5) is 0 Å². The fourth-order valence-corrected chi connectivity index (χ4v) is 1.51. The Morgan fingerprint density at radius 3 is 2.38 bits per heavy atom. The van der Waals surface area contributed by atoms with E-state index in [1.807, 2.05) is 18.2 Å². The van der Waals surface area contributed by atoms with Gasteiger partial charge in [0.15, 0.2) is 0 Å². The van der Waals surface area contributed by atoms with Gasteiger partial charge in [-0.15, -0.1) is 0 Å². The zero-order chi connectivity index (χ0) is 12.1. The van der Waals surface area contributed by atoms with Gasteiger partial charge in [0.25, 0.3) is 5.05 Å². The van der Waals surface area contributed by atoms with E-state index in [1.54, 1.807) is 19.1 Å². The van der Waals surface area contributed by atoms with Crippen molar-refractivity contribution < 1.29 is 9.66 Å². The minimum absolute atomic E-state index is 0.105. The quantitative estimate of drug-likeness (QED) is 0.351. The van der Waals surface area contributed by atoms with Crippen molar-refractivity contribution in [1.29, 1.82) is 0 Å². The number of ether oxygens (including phenoxy) is 1. The summed E-state index contributed by atoms with van der Waals surface area (Å²) in [6, 6.07) is 9.05. The molecule has 0 N–H and O–H groups in total. The van der Waals surface area contributed by atoms with E-state index < -0.39 is 4.92 Å². The van der Waals surface area contributed by atoms with Gasteiger partial charge >= 0.3 is 5.70 Å².